The number of pyridine rings is 1. The first kappa shape index (κ1) is 26.2. The summed E-state index contributed by atoms with van der Waals surface area (Å²) in [6, 6.07) is 54.9. The fraction of sp³-hybridized carbons (Fsp3) is 0. The van der Waals surface area contributed by atoms with Gasteiger partial charge in [0.1, 0.15) is 0 Å². The molecule has 9 rings (SSSR count). The van der Waals surface area contributed by atoms with E-state index in [1.54, 1.807) is 0 Å². The topological polar surface area (TPSA) is 31.4 Å². The lowest BCUT2D eigenvalue weighted by Gasteiger charge is -2.21. The number of ether oxygens (including phenoxy) is 2. The van der Waals surface area contributed by atoms with Crippen LogP contribution in [0.1, 0.15) is 0 Å². The highest BCUT2D eigenvalue weighted by Crippen LogP contribution is 2.47. The van der Waals surface area contributed by atoms with Gasteiger partial charge in [0.05, 0.1) is 5.69 Å². The van der Waals surface area contributed by atoms with Gasteiger partial charge in [-0.25, -0.2) is 0 Å². The van der Waals surface area contributed by atoms with Gasteiger partial charge in [0.25, 0.3) is 0 Å². The third kappa shape index (κ3) is 4.41. The predicted molar refractivity (Wildman–Crippen MR) is 188 cm³/mol. The van der Waals surface area contributed by atoms with E-state index in [9.17, 15) is 0 Å². The molecule has 0 spiro atoms. The minimum atomic E-state index is 0.687. The van der Waals surface area contributed by atoms with Gasteiger partial charge in [-0.3, -0.25) is 4.98 Å². The highest BCUT2D eigenvalue weighted by atomic mass is 16.6. The van der Waals surface area contributed by atoms with Gasteiger partial charge >= 0.3 is 0 Å². The molecule has 0 fully saturated rings. The van der Waals surface area contributed by atoms with Crippen LogP contribution in [0.25, 0.3) is 66.2 Å². The van der Waals surface area contributed by atoms with Crippen LogP contribution in [0.3, 0.4) is 0 Å². The third-order valence-corrected chi connectivity index (χ3v) is 8.79. The minimum absolute atomic E-state index is 0.687. The molecule has 0 aliphatic carbocycles. The Labute approximate surface area is 267 Å². The number of hydrogen-bond donors (Lipinski definition) is 0. The fourth-order valence-corrected chi connectivity index (χ4v) is 6.61. The highest BCUT2D eigenvalue weighted by molar-refractivity contribution is 6.21. The van der Waals surface area contributed by atoms with Gasteiger partial charge in [0.2, 0.25) is 0 Å². The molecule has 0 N–H and O–H groups in total. The standard InChI is InChI=1S/C43H27NO2/c1-2-10-28(11-3-1)29-18-20-30(21-19-29)42-33-12-4-6-14-35(33)43(36-15-7-5-13-34(36)42)32-22-24-37(44-27-32)31-23-25-40-41(26-31)46-39-17-9-8-16-38(39)45-40/h1-27H. The van der Waals surface area contributed by atoms with Gasteiger partial charge in [-0.2, -0.15) is 0 Å². The van der Waals surface area contributed by atoms with Crippen molar-refractivity contribution in [3.8, 4) is 67.6 Å². The van der Waals surface area contributed by atoms with Gasteiger partial charge < -0.3 is 9.47 Å². The molecule has 3 nitrogen and oxygen atoms in total. The number of hydrogen-bond acceptors (Lipinski definition) is 3. The summed E-state index contributed by atoms with van der Waals surface area (Å²) >= 11 is 0. The Kier molecular flexibility index (Phi) is 6.14. The van der Waals surface area contributed by atoms with Crippen LogP contribution >= 0.6 is 0 Å². The van der Waals surface area contributed by atoms with Crippen LogP contribution in [-0.2, 0) is 0 Å². The first-order chi connectivity index (χ1) is 22.8. The molecule has 0 saturated heterocycles. The Bertz CT molecular complexity index is 2340. The second kappa shape index (κ2) is 10.8. The summed E-state index contributed by atoms with van der Waals surface area (Å²) in [7, 11) is 0. The maximum absolute atomic E-state index is 6.15. The van der Waals surface area contributed by atoms with Crippen LogP contribution in [0, 0.1) is 0 Å². The van der Waals surface area contributed by atoms with E-state index in [1.165, 1.54) is 49.4 Å². The molecular weight excluding hydrogens is 562 g/mol. The van der Waals surface area contributed by atoms with Crippen LogP contribution in [0.4, 0.5) is 0 Å². The largest absolute Gasteiger partial charge is 0.450 e. The predicted octanol–water partition coefficient (Wildman–Crippen LogP) is 12.0. The molecule has 8 aromatic rings. The van der Waals surface area contributed by atoms with Crippen LogP contribution < -0.4 is 9.47 Å². The molecule has 0 amide bonds. The Morgan fingerprint density at radius 2 is 0.783 bits per heavy atom. The summed E-state index contributed by atoms with van der Waals surface area (Å²) in [6.07, 6.45) is 1.99. The Hall–Kier alpha value is -6.19. The molecule has 0 radical (unpaired) electrons. The highest BCUT2D eigenvalue weighted by Gasteiger charge is 2.20. The van der Waals surface area contributed by atoms with Gasteiger partial charge in [-0.05, 0) is 85.8 Å². The summed E-state index contributed by atoms with van der Waals surface area (Å²) < 4.78 is 12.2. The first-order valence-corrected chi connectivity index (χ1v) is 15.4. The third-order valence-electron chi connectivity index (χ3n) is 8.79. The van der Waals surface area contributed by atoms with Crippen molar-refractivity contribution in [1.29, 1.82) is 0 Å². The van der Waals surface area contributed by atoms with Gasteiger partial charge in [-0.15, -0.1) is 0 Å². The molecule has 46 heavy (non-hydrogen) atoms. The summed E-state index contributed by atoms with van der Waals surface area (Å²) in [4.78, 5) is 4.95. The van der Waals surface area contributed by atoms with Crippen molar-refractivity contribution in [1.82, 2.24) is 4.98 Å². The lowest BCUT2D eigenvalue weighted by Crippen LogP contribution is -1.99. The quantitative estimate of drug-likeness (QED) is 0.191. The first-order valence-electron chi connectivity index (χ1n) is 15.4. The molecule has 1 aliphatic rings. The monoisotopic (exact) mass is 589 g/mol. The number of benzene rings is 7. The van der Waals surface area contributed by atoms with E-state index in [1.807, 2.05) is 48.7 Å². The molecular formula is C43H27NO2. The van der Waals surface area contributed by atoms with Crippen molar-refractivity contribution in [2.24, 2.45) is 0 Å². The maximum Gasteiger partial charge on any atom is 0.170 e. The number of aromatic nitrogens is 1. The van der Waals surface area contributed by atoms with E-state index in [-0.39, 0.29) is 0 Å². The smallest absolute Gasteiger partial charge is 0.170 e. The Balaban J connectivity index is 1.13. The fourth-order valence-electron chi connectivity index (χ4n) is 6.61. The van der Waals surface area contributed by atoms with Gasteiger partial charge in [0.15, 0.2) is 23.0 Å². The van der Waals surface area contributed by atoms with Crippen molar-refractivity contribution in [2.75, 3.05) is 0 Å². The molecule has 0 unspecified atom stereocenters. The van der Waals surface area contributed by atoms with Crippen molar-refractivity contribution in [3.63, 3.8) is 0 Å². The zero-order valence-electron chi connectivity index (χ0n) is 24.9. The molecule has 1 aromatic heterocycles. The van der Waals surface area contributed by atoms with E-state index in [0.717, 1.165) is 22.6 Å². The normalized spacial score (nSPS) is 11.8. The summed E-state index contributed by atoms with van der Waals surface area (Å²) in [5.41, 5.74) is 8.99. The molecule has 7 aromatic carbocycles. The molecule has 1 aliphatic heterocycles. The average Bonchev–Trinajstić information content (AvgIpc) is 3.13. The Morgan fingerprint density at radius 1 is 0.326 bits per heavy atom. The molecule has 3 heteroatoms. The summed E-state index contributed by atoms with van der Waals surface area (Å²) in [5.74, 6) is 2.82. The zero-order chi connectivity index (χ0) is 30.5. The SMILES string of the molecule is c1ccc(-c2ccc(-c3c4ccccc4c(-c4ccc(-c5ccc6c(c5)Oc5ccccc5O6)nc4)c4ccccc34)cc2)cc1. The van der Waals surface area contributed by atoms with E-state index < -0.39 is 0 Å². The molecule has 216 valence electrons. The van der Waals surface area contributed by atoms with E-state index in [4.69, 9.17) is 14.5 Å². The molecule has 2 heterocycles. The van der Waals surface area contributed by atoms with Crippen LogP contribution in [0.15, 0.2) is 164 Å². The van der Waals surface area contributed by atoms with Gasteiger partial charge in [-0.1, -0.05) is 121 Å². The lowest BCUT2D eigenvalue weighted by atomic mass is 9.86. The van der Waals surface area contributed by atoms with Gasteiger partial charge in [0, 0.05) is 17.3 Å². The Morgan fingerprint density at radius 3 is 1.39 bits per heavy atom. The van der Waals surface area contributed by atoms with Crippen LogP contribution in [-0.4, -0.2) is 4.98 Å². The van der Waals surface area contributed by atoms with Crippen LogP contribution in [0.5, 0.6) is 23.0 Å². The molecule has 0 atom stereocenters. The molecule has 0 bridgehead atoms. The van der Waals surface area contributed by atoms with Crippen molar-refractivity contribution < 1.29 is 9.47 Å². The maximum atomic E-state index is 6.15. The van der Waals surface area contributed by atoms with E-state index >= 15 is 0 Å². The van der Waals surface area contributed by atoms with Crippen molar-refractivity contribution in [3.05, 3.63) is 164 Å². The van der Waals surface area contributed by atoms with Crippen molar-refractivity contribution in [2.45, 2.75) is 0 Å². The minimum Gasteiger partial charge on any atom is -0.450 e. The number of rotatable bonds is 4. The van der Waals surface area contributed by atoms with Crippen molar-refractivity contribution >= 4 is 21.5 Å². The average molecular weight is 590 g/mol. The number of para-hydroxylation sites is 2. The lowest BCUT2D eigenvalue weighted by molar-refractivity contribution is 0.360. The second-order valence-corrected chi connectivity index (χ2v) is 11.5. The van der Waals surface area contributed by atoms with E-state index in [0.29, 0.717) is 17.2 Å². The summed E-state index contributed by atoms with van der Waals surface area (Å²) in [6.45, 7) is 0. The second-order valence-electron chi connectivity index (χ2n) is 11.5. The molecule has 0 saturated carbocycles. The van der Waals surface area contributed by atoms with E-state index in [2.05, 4.69) is 115 Å². The number of nitrogens with zero attached hydrogens (tertiary/aromatic N) is 1. The number of fused-ring (bicyclic) bond motifs is 4. The zero-order valence-corrected chi connectivity index (χ0v) is 24.9. The van der Waals surface area contributed by atoms with Crippen LogP contribution in [0.2, 0.25) is 0 Å². The summed E-state index contributed by atoms with van der Waals surface area (Å²) in [5, 5.41) is 4.85.